The molecule has 0 aliphatic rings. The second-order valence-electron chi connectivity index (χ2n) is 6.90. The number of benzene rings is 3. The molecule has 0 unspecified atom stereocenters. The fraction of sp³-hybridized carbons (Fsp3) is 0.125. The van der Waals surface area contributed by atoms with Gasteiger partial charge >= 0.3 is 0 Å². The zero-order valence-corrected chi connectivity index (χ0v) is 17.2. The SMILES string of the molecule is Cc1nc(COc2ccccc2C(=O)NCc2ccc(Oc3ccc(F)cc3)cc2)no1. The van der Waals surface area contributed by atoms with E-state index in [1.807, 2.05) is 12.1 Å². The van der Waals surface area contributed by atoms with Gasteiger partial charge in [-0.15, -0.1) is 0 Å². The monoisotopic (exact) mass is 433 g/mol. The molecule has 4 rings (SSSR count). The van der Waals surface area contributed by atoms with Crippen LogP contribution in [0.15, 0.2) is 77.3 Å². The Kier molecular flexibility index (Phi) is 6.41. The number of hydrogen-bond acceptors (Lipinski definition) is 6. The zero-order valence-electron chi connectivity index (χ0n) is 17.2. The highest BCUT2D eigenvalue weighted by molar-refractivity contribution is 5.96. The first-order chi connectivity index (χ1) is 15.6. The van der Waals surface area contributed by atoms with Gasteiger partial charge in [0.05, 0.1) is 5.56 Å². The lowest BCUT2D eigenvalue weighted by atomic mass is 10.1. The molecule has 0 spiro atoms. The first-order valence-electron chi connectivity index (χ1n) is 9.88. The molecule has 7 nitrogen and oxygen atoms in total. The van der Waals surface area contributed by atoms with E-state index < -0.39 is 0 Å². The van der Waals surface area contributed by atoms with Crippen LogP contribution in [0.25, 0.3) is 0 Å². The molecular weight excluding hydrogens is 413 g/mol. The summed E-state index contributed by atoms with van der Waals surface area (Å²) in [6.45, 7) is 2.12. The molecule has 1 heterocycles. The Labute approximate surface area is 183 Å². The van der Waals surface area contributed by atoms with Crippen molar-refractivity contribution in [2.45, 2.75) is 20.1 Å². The fourth-order valence-corrected chi connectivity index (χ4v) is 2.91. The first kappa shape index (κ1) is 21.0. The van der Waals surface area contributed by atoms with Gasteiger partial charge in [0.1, 0.15) is 23.1 Å². The number of nitrogens with one attached hydrogen (secondary N) is 1. The maximum absolute atomic E-state index is 13.0. The van der Waals surface area contributed by atoms with Crippen molar-refractivity contribution < 1.29 is 23.2 Å². The highest BCUT2D eigenvalue weighted by Crippen LogP contribution is 2.22. The van der Waals surface area contributed by atoms with E-state index in [0.717, 1.165) is 5.56 Å². The standard InChI is InChI=1S/C24H20FN3O4/c1-16-27-23(28-32-16)15-30-22-5-3-2-4-21(22)24(29)26-14-17-6-10-19(11-7-17)31-20-12-8-18(25)9-13-20/h2-13H,14-15H2,1H3,(H,26,29). The number of rotatable bonds is 8. The van der Waals surface area contributed by atoms with Crippen molar-refractivity contribution in [3.63, 3.8) is 0 Å². The molecule has 32 heavy (non-hydrogen) atoms. The summed E-state index contributed by atoms with van der Waals surface area (Å²) in [5, 5.41) is 6.66. The molecule has 0 saturated carbocycles. The van der Waals surface area contributed by atoms with Crippen LogP contribution < -0.4 is 14.8 Å². The van der Waals surface area contributed by atoms with Gasteiger partial charge in [-0.1, -0.05) is 29.4 Å². The molecule has 1 amide bonds. The lowest BCUT2D eigenvalue weighted by molar-refractivity contribution is 0.0946. The van der Waals surface area contributed by atoms with Gasteiger partial charge in [-0.3, -0.25) is 4.79 Å². The summed E-state index contributed by atoms with van der Waals surface area (Å²) in [5.74, 6) is 1.85. The number of hydrogen-bond donors (Lipinski definition) is 1. The topological polar surface area (TPSA) is 86.5 Å². The second kappa shape index (κ2) is 9.74. The Balaban J connectivity index is 1.34. The minimum atomic E-state index is -0.319. The van der Waals surface area contributed by atoms with Crippen LogP contribution in [-0.4, -0.2) is 16.0 Å². The Morgan fingerprint density at radius 3 is 2.38 bits per heavy atom. The third-order valence-corrected chi connectivity index (χ3v) is 4.48. The molecule has 0 bridgehead atoms. The zero-order chi connectivity index (χ0) is 22.3. The van der Waals surface area contributed by atoms with Gasteiger partial charge in [-0.25, -0.2) is 4.39 Å². The fourth-order valence-electron chi connectivity index (χ4n) is 2.91. The lowest BCUT2D eigenvalue weighted by Gasteiger charge is -2.11. The Hall–Kier alpha value is -4.20. The molecule has 1 N–H and O–H groups in total. The summed E-state index contributed by atoms with van der Waals surface area (Å²) in [7, 11) is 0. The second-order valence-corrected chi connectivity index (χ2v) is 6.90. The average molecular weight is 433 g/mol. The third-order valence-electron chi connectivity index (χ3n) is 4.48. The molecule has 0 radical (unpaired) electrons. The van der Waals surface area contributed by atoms with Gasteiger partial charge in [0, 0.05) is 13.5 Å². The normalized spacial score (nSPS) is 10.6. The molecule has 8 heteroatoms. The van der Waals surface area contributed by atoms with E-state index in [-0.39, 0.29) is 18.3 Å². The number of halogens is 1. The predicted octanol–water partition coefficient (Wildman–Crippen LogP) is 4.82. The van der Waals surface area contributed by atoms with Crippen LogP contribution >= 0.6 is 0 Å². The quantitative estimate of drug-likeness (QED) is 0.429. The van der Waals surface area contributed by atoms with E-state index in [1.165, 1.54) is 12.1 Å². The lowest BCUT2D eigenvalue weighted by Crippen LogP contribution is -2.23. The van der Waals surface area contributed by atoms with Gasteiger partial charge in [0.15, 0.2) is 6.61 Å². The number of aromatic nitrogens is 2. The van der Waals surface area contributed by atoms with E-state index >= 15 is 0 Å². The van der Waals surface area contributed by atoms with Gasteiger partial charge < -0.3 is 19.3 Å². The number of ether oxygens (including phenoxy) is 2. The number of para-hydroxylation sites is 1. The molecule has 0 atom stereocenters. The molecule has 162 valence electrons. The van der Waals surface area contributed by atoms with Crippen LogP contribution in [0.3, 0.4) is 0 Å². The highest BCUT2D eigenvalue weighted by Gasteiger charge is 2.13. The number of carbonyl (C=O) groups is 1. The molecule has 0 fully saturated rings. The number of carbonyl (C=O) groups excluding carboxylic acids is 1. The third kappa shape index (κ3) is 5.48. The number of aryl methyl sites for hydroxylation is 1. The molecule has 0 aliphatic heterocycles. The average Bonchev–Trinajstić information content (AvgIpc) is 3.24. The van der Waals surface area contributed by atoms with E-state index in [1.54, 1.807) is 55.5 Å². The van der Waals surface area contributed by atoms with Crippen LogP contribution in [0.5, 0.6) is 17.2 Å². The van der Waals surface area contributed by atoms with Crippen LogP contribution in [0, 0.1) is 12.7 Å². The first-order valence-corrected chi connectivity index (χ1v) is 9.88. The molecule has 0 saturated heterocycles. The summed E-state index contributed by atoms with van der Waals surface area (Å²) in [6, 6.07) is 20.0. The molecule has 1 aromatic heterocycles. The van der Waals surface area contributed by atoms with Gasteiger partial charge in [0.25, 0.3) is 5.91 Å². The van der Waals surface area contributed by atoms with Crippen molar-refractivity contribution in [2.24, 2.45) is 0 Å². The highest BCUT2D eigenvalue weighted by atomic mass is 19.1. The summed E-state index contributed by atoms with van der Waals surface area (Å²) < 4.78 is 29.3. The number of amides is 1. The van der Waals surface area contributed by atoms with Crippen molar-refractivity contribution in [3.05, 3.63) is 101 Å². The van der Waals surface area contributed by atoms with Crippen LogP contribution in [-0.2, 0) is 13.2 Å². The largest absolute Gasteiger partial charge is 0.485 e. The summed E-state index contributed by atoms with van der Waals surface area (Å²) >= 11 is 0. The maximum Gasteiger partial charge on any atom is 0.255 e. The van der Waals surface area contributed by atoms with Crippen LogP contribution in [0.1, 0.15) is 27.6 Å². The number of nitrogens with zero attached hydrogens (tertiary/aromatic N) is 2. The smallest absolute Gasteiger partial charge is 0.255 e. The summed E-state index contributed by atoms with van der Waals surface area (Å²) in [5.41, 5.74) is 1.30. The molecule has 4 aromatic rings. The minimum absolute atomic E-state index is 0.0944. The van der Waals surface area contributed by atoms with Gasteiger partial charge in [-0.05, 0) is 54.1 Å². The van der Waals surface area contributed by atoms with Gasteiger partial charge in [-0.2, -0.15) is 4.98 Å². The Morgan fingerprint density at radius 1 is 1.00 bits per heavy atom. The van der Waals surface area contributed by atoms with Crippen molar-refractivity contribution in [3.8, 4) is 17.2 Å². The summed E-state index contributed by atoms with van der Waals surface area (Å²) in [4.78, 5) is 16.8. The van der Waals surface area contributed by atoms with Crippen molar-refractivity contribution in [1.29, 1.82) is 0 Å². The predicted molar refractivity (Wildman–Crippen MR) is 114 cm³/mol. The maximum atomic E-state index is 13.0. The van der Waals surface area contributed by atoms with Crippen molar-refractivity contribution in [1.82, 2.24) is 15.5 Å². The van der Waals surface area contributed by atoms with E-state index in [9.17, 15) is 9.18 Å². The van der Waals surface area contributed by atoms with E-state index in [4.69, 9.17) is 14.0 Å². The van der Waals surface area contributed by atoms with E-state index in [2.05, 4.69) is 15.5 Å². The van der Waals surface area contributed by atoms with Crippen molar-refractivity contribution >= 4 is 5.91 Å². The summed E-state index contributed by atoms with van der Waals surface area (Å²) in [6.07, 6.45) is 0. The van der Waals surface area contributed by atoms with Crippen LogP contribution in [0.4, 0.5) is 4.39 Å². The molecule has 0 aliphatic carbocycles. The minimum Gasteiger partial charge on any atom is -0.485 e. The van der Waals surface area contributed by atoms with Crippen LogP contribution in [0.2, 0.25) is 0 Å². The van der Waals surface area contributed by atoms with Gasteiger partial charge in [0.2, 0.25) is 11.7 Å². The van der Waals surface area contributed by atoms with E-state index in [0.29, 0.717) is 41.1 Å². The molecule has 3 aromatic carbocycles. The molecular formula is C24H20FN3O4. The van der Waals surface area contributed by atoms with Crippen molar-refractivity contribution in [2.75, 3.05) is 0 Å². The Bertz CT molecular complexity index is 1190. The Morgan fingerprint density at radius 2 is 1.69 bits per heavy atom.